The maximum Gasteiger partial charge on any atom is 0.296 e. The zero-order valence-electron chi connectivity index (χ0n) is 15.1. The first-order chi connectivity index (χ1) is 11.9. The zero-order chi connectivity index (χ0) is 18.0. The number of carbonyl (C=O) groups is 1. The smallest absolute Gasteiger partial charge is 0.296 e. The first-order valence-electron chi connectivity index (χ1n) is 8.38. The van der Waals surface area contributed by atoms with Crippen LogP contribution in [0.4, 0.5) is 0 Å². The SMILES string of the molecule is CC#CC(=O)N[C@@H]1CC(C)(C)Cc2c1cnn2-c1ccc(OC)cc1. The fraction of sp³-hybridized carbons (Fsp3) is 0.400. The van der Waals surface area contributed by atoms with Gasteiger partial charge in [0.05, 0.1) is 30.7 Å². The topological polar surface area (TPSA) is 56.2 Å². The number of carbonyl (C=O) groups excluding carboxylic acids is 1. The molecule has 5 nitrogen and oxygen atoms in total. The lowest BCUT2D eigenvalue weighted by atomic mass is 9.74. The summed E-state index contributed by atoms with van der Waals surface area (Å²) in [6.07, 6.45) is 3.63. The fourth-order valence-corrected chi connectivity index (χ4v) is 3.43. The molecule has 1 heterocycles. The van der Waals surface area contributed by atoms with Gasteiger partial charge in [-0.1, -0.05) is 19.8 Å². The molecule has 1 aromatic carbocycles. The van der Waals surface area contributed by atoms with Crippen molar-refractivity contribution in [1.29, 1.82) is 0 Å². The third-order valence-corrected chi connectivity index (χ3v) is 4.54. The minimum atomic E-state index is -0.242. The minimum Gasteiger partial charge on any atom is -0.497 e. The summed E-state index contributed by atoms with van der Waals surface area (Å²) in [5.41, 5.74) is 3.25. The van der Waals surface area contributed by atoms with Gasteiger partial charge in [0.25, 0.3) is 5.91 Å². The Bertz CT molecular complexity index is 838. The predicted octanol–water partition coefficient (Wildman–Crippen LogP) is 3.03. The van der Waals surface area contributed by atoms with Crippen molar-refractivity contribution in [3.8, 4) is 23.3 Å². The molecule has 1 aliphatic carbocycles. The maximum absolute atomic E-state index is 12.0. The second-order valence-electron chi connectivity index (χ2n) is 7.10. The Labute approximate surface area is 148 Å². The molecule has 0 spiro atoms. The summed E-state index contributed by atoms with van der Waals surface area (Å²) in [6.45, 7) is 6.09. The van der Waals surface area contributed by atoms with Crippen LogP contribution in [-0.4, -0.2) is 22.8 Å². The van der Waals surface area contributed by atoms with Crippen LogP contribution in [0.2, 0.25) is 0 Å². The number of hydrogen-bond acceptors (Lipinski definition) is 3. The number of methoxy groups -OCH3 is 1. The normalized spacial score (nSPS) is 17.8. The van der Waals surface area contributed by atoms with Crippen molar-refractivity contribution in [1.82, 2.24) is 15.1 Å². The van der Waals surface area contributed by atoms with Gasteiger partial charge in [0, 0.05) is 5.56 Å². The summed E-state index contributed by atoms with van der Waals surface area (Å²) in [5.74, 6) is 5.78. The Morgan fingerprint density at radius 2 is 2.08 bits per heavy atom. The van der Waals surface area contributed by atoms with Gasteiger partial charge in [0.15, 0.2) is 0 Å². The first-order valence-corrected chi connectivity index (χ1v) is 8.38. The monoisotopic (exact) mass is 337 g/mol. The molecule has 0 unspecified atom stereocenters. The molecule has 3 rings (SSSR count). The van der Waals surface area contributed by atoms with Crippen LogP contribution in [0.15, 0.2) is 30.5 Å². The van der Waals surface area contributed by atoms with Crippen LogP contribution in [-0.2, 0) is 11.2 Å². The third kappa shape index (κ3) is 3.53. The molecule has 2 aromatic rings. The van der Waals surface area contributed by atoms with Crippen molar-refractivity contribution in [2.75, 3.05) is 7.11 Å². The Balaban J connectivity index is 1.98. The molecule has 1 atom stereocenters. The molecule has 1 aromatic heterocycles. The van der Waals surface area contributed by atoms with E-state index >= 15 is 0 Å². The zero-order valence-corrected chi connectivity index (χ0v) is 15.1. The molecule has 25 heavy (non-hydrogen) atoms. The number of rotatable bonds is 3. The van der Waals surface area contributed by atoms with Crippen molar-refractivity contribution in [3.63, 3.8) is 0 Å². The highest BCUT2D eigenvalue weighted by Crippen LogP contribution is 2.41. The van der Waals surface area contributed by atoms with E-state index in [4.69, 9.17) is 4.74 Å². The summed E-state index contributed by atoms with van der Waals surface area (Å²) in [5, 5.41) is 7.61. The van der Waals surface area contributed by atoms with Gasteiger partial charge in [-0.2, -0.15) is 5.10 Å². The fourth-order valence-electron chi connectivity index (χ4n) is 3.43. The number of hydrogen-bond donors (Lipinski definition) is 1. The van der Waals surface area contributed by atoms with Gasteiger partial charge in [-0.05, 0) is 55.4 Å². The van der Waals surface area contributed by atoms with Crippen molar-refractivity contribution < 1.29 is 9.53 Å². The molecule has 5 heteroatoms. The second-order valence-corrected chi connectivity index (χ2v) is 7.10. The van der Waals surface area contributed by atoms with Gasteiger partial charge < -0.3 is 10.1 Å². The first kappa shape index (κ1) is 17.1. The molecule has 0 saturated carbocycles. The van der Waals surface area contributed by atoms with E-state index in [1.54, 1.807) is 14.0 Å². The van der Waals surface area contributed by atoms with Crippen molar-refractivity contribution in [3.05, 3.63) is 41.7 Å². The lowest BCUT2D eigenvalue weighted by Gasteiger charge is -2.35. The van der Waals surface area contributed by atoms with Crippen LogP contribution in [0, 0.1) is 17.3 Å². The van der Waals surface area contributed by atoms with Crippen LogP contribution in [0.3, 0.4) is 0 Å². The molecule has 0 saturated heterocycles. The Morgan fingerprint density at radius 3 is 2.72 bits per heavy atom. The van der Waals surface area contributed by atoms with Crippen LogP contribution in [0.5, 0.6) is 5.75 Å². The average Bonchev–Trinajstić information content (AvgIpc) is 2.97. The number of benzene rings is 1. The van der Waals surface area contributed by atoms with E-state index in [2.05, 4.69) is 36.1 Å². The van der Waals surface area contributed by atoms with Gasteiger partial charge in [0.2, 0.25) is 0 Å². The molecule has 0 bridgehead atoms. The quantitative estimate of drug-likeness (QED) is 0.876. The van der Waals surface area contributed by atoms with E-state index in [9.17, 15) is 4.79 Å². The molecular weight excluding hydrogens is 314 g/mol. The summed E-state index contributed by atoms with van der Waals surface area (Å²) in [7, 11) is 1.65. The third-order valence-electron chi connectivity index (χ3n) is 4.54. The van der Waals surface area contributed by atoms with E-state index in [1.807, 2.05) is 35.1 Å². The van der Waals surface area contributed by atoms with Gasteiger partial charge >= 0.3 is 0 Å². The van der Waals surface area contributed by atoms with Crippen LogP contribution < -0.4 is 10.1 Å². The lowest BCUT2D eigenvalue weighted by Crippen LogP contribution is -2.36. The summed E-state index contributed by atoms with van der Waals surface area (Å²) < 4.78 is 7.18. The van der Waals surface area contributed by atoms with Crippen LogP contribution >= 0.6 is 0 Å². The van der Waals surface area contributed by atoms with Gasteiger partial charge in [-0.3, -0.25) is 4.79 Å². The largest absolute Gasteiger partial charge is 0.497 e. The average molecular weight is 337 g/mol. The van der Waals surface area contributed by atoms with Gasteiger partial charge in [-0.25, -0.2) is 4.68 Å². The molecule has 1 N–H and O–H groups in total. The Kier molecular flexibility index (Phi) is 4.54. The number of amides is 1. The highest BCUT2D eigenvalue weighted by Gasteiger charge is 2.35. The molecule has 1 amide bonds. The van der Waals surface area contributed by atoms with Crippen LogP contribution in [0.1, 0.15) is 44.5 Å². The van der Waals surface area contributed by atoms with Gasteiger partial charge in [0.1, 0.15) is 5.75 Å². The number of nitrogens with zero attached hydrogens (tertiary/aromatic N) is 2. The minimum absolute atomic E-state index is 0.0643. The molecule has 0 radical (unpaired) electrons. The maximum atomic E-state index is 12.0. The number of fused-ring (bicyclic) bond motifs is 1. The van der Waals surface area contributed by atoms with Gasteiger partial charge in [-0.15, -0.1) is 0 Å². The number of aromatic nitrogens is 2. The van der Waals surface area contributed by atoms with Crippen molar-refractivity contribution in [2.24, 2.45) is 5.41 Å². The molecular formula is C20H23N3O2. The standard InChI is InChI=1S/C20H23N3O2/c1-5-6-19(24)22-17-11-20(2,3)12-18-16(17)13-21-23(18)14-7-9-15(25-4)10-8-14/h7-10,13,17H,11-12H2,1-4H3,(H,22,24)/t17-/m1/s1. The van der Waals surface area contributed by atoms with E-state index in [1.165, 1.54) is 0 Å². The molecule has 0 aliphatic heterocycles. The highest BCUT2D eigenvalue weighted by atomic mass is 16.5. The van der Waals surface area contributed by atoms with Crippen LogP contribution in [0.25, 0.3) is 5.69 Å². The summed E-state index contributed by atoms with van der Waals surface area (Å²) >= 11 is 0. The Morgan fingerprint density at radius 1 is 1.36 bits per heavy atom. The van der Waals surface area contributed by atoms with E-state index < -0.39 is 0 Å². The molecule has 0 fully saturated rings. The predicted molar refractivity (Wildman–Crippen MR) is 96.6 cm³/mol. The van der Waals surface area contributed by atoms with E-state index in [-0.39, 0.29) is 17.4 Å². The number of ether oxygens (including phenoxy) is 1. The Hall–Kier alpha value is -2.74. The van der Waals surface area contributed by atoms with E-state index in [0.717, 1.165) is 35.5 Å². The van der Waals surface area contributed by atoms with Crippen molar-refractivity contribution in [2.45, 2.75) is 39.7 Å². The summed E-state index contributed by atoms with van der Waals surface area (Å²) in [6, 6.07) is 7.76. The second kappa shape index (κ2) is 6.64. The summed E-state index contributed by atoms with van der Waals surface area (Å²) in [4.78, 5) is 12.0. The number of nitrogens with one attached hydrogen (secondary N) is 1. The molecule has 130 valence electrons. The van der Waals surface area contributed by atoms with E-state index in [0.29, 0.717) is 0 Å². The lowest BCUT2D eigenvalue weighted by molar-refractivity contribution is -0.116. The molecule has 1 aliphatic rings. The highest BCUT2D eigenvalue weighted by molar-refractivity contribution is 5.93. The van der Waals surface area contributed by atoms with Crippen molar-refractivity contribution >= 4 is 5.91 Å².